The normalized spacial score (nSPS) is 10.9. The van der Waals surface area contributed by atoms with Gasteiger partial charge in [0.15, 0.2) is 15.3 Å². The van der Waals surface area contributed by atoms with Crippen molar-refractivity contribution in [3.8, 4) is 5.69 Å². The van der Waals surface area contributed by atoms with Gasteiger partial charge < -0.3 is 5.32 Å². The number of thioether (sulfide) groups is 2. The Morgan fingerprint density at radius 1 is 1.08 bits per heavy atom. The Bertz CT molecular complexity index is 1410. The highest BCUT2D eigenvalue weighted by atomic mass is 35.5. The average molecular weight is 599 g/mol. The first-order valence-electron chi connectivity index (χ1n) is 10.7. The number of benzene rings is 2. The quantitative estimate of drug-likeness (QED) is 0.186. The van der Waals surface area contributed by atoms with Crippen molar-refractivity contribution in [3.63, 3.8) is 0 Å². The van der Waals surface area contributed by atoms with Crippen molar-refractivity contribution in [2.75, 3.05) is 16.8 Å². The third kappa shape index (κ3) is 6.99. The van der Waals surface area contributed by atoms with Crippen molar-refractivity contribution in [1.29, 1.82) is 0 Å². The molecule has 0 fully saturated rings. The summed E-state index contributed by atoms with van der Waals surface area (Å²) in [6, 6.07) is 10.9. The lowest BCUT2D eigenvalue weighted by Crippen LogP contribution is -2.26. The first-order chi connectivity index (χ1) is 17.9. The van der Waals surface area contributed by atoms with Gasteiger partial charge in [0.2, 0.25) is 11.0 Å². The second-order valence-electron chi connectivity index (χ2n) is 7.14. The smallest absolute Gasteiger partial charge is 0.256 e. The number of anilines is 1. The highest BCUT2D eigenvalue weighted by Gasteiger charge is 2.20. The van der Waals surface area contributed by atoms with Gasteiger partial charge in [-0.05, 0) is 36.1 Å². The molecular formula is C22H18Cl2FN7O2S3. The molecule has 37 heavy (non-hydrogen) atoms. The number of aromatic nitrogens is 5. The largest absolute Gasteiger partial charge is 0.345 e. The fourth-order valence-electron chi connectivity index (χ4n) is 3.07. The maximum atomic E-state index is 14.1. The summed E-state index contributed by atoms with van der Waals surface area (Å²) in [6.07, 6.45) is 0. The predicted octanol–water partition coefficient (Wildman–Crippen LogP) is 5.34. The molecule has 0 spiro atoms. The number of carbonyl (C=O) groups is 2. The number of hydrogen-bond acceptors (Lipinski definition) is 9. The van der Waals surface area contributed by atoms with Crippen LogP contribution in [0.2, 0.25) is 10.0 Å². The van der Waals surface area contributed by atoms with Gasteiger partial charge >= 0.3 is 0 Å². The molecular weight excluding hydrogens is 580 g/mol. The SMILES string of the molecule is CCSc1nnc(NC(=O)CSc2nnc(CNC(=O)c3c(F)cccc3Cl)n2-c2cccc(Cl)c2)s1. The molecule has 2 heterocycles. The Hall–Kier alpha value is -2.71. The van der Waals surface area contributed by atoms with Crippen LogP contribution in [-0.4, -0.2) is 48.3 Å². The highest BCUT2D eigenvalue weighted by Crippen LogP contribution is 2.27. The van der Waals surface area contributed by atoms with Gasteiger partial charge in [0.05, 0.1) is 28.6 Å². The lowest BCUT2D eigenvalue weighted by atomic mass is 10.2. The lowest BCUT2D eigenvalue weighted by molar-refractivity contribution is -0.113. The second kappa shape index (κ2) is 12.7. The van der Waals surface area contributed by atoms with Crippen molar-refractivity contribution in [2.24, 2.45) is 0 Å². The standard InChI is InChI=1S/C22H18Cl2FN7O2S3/c1-2-35-22-31-29-20(37-22)27-17(33)11-36-21-30-28-16(32(21)13-6-3-5-12(23)9-13)10-26-19(34)18-14(24)7-4-8-15(18)25/h3-9H,2,10-11H2,1H3,(H,26,34)(H,27,29,33). The number of hydrogen-bond donors (Lipinski definition) is 2. The third-order valence-electron chi connectivity index (χ3n) is 4.62. The number of nitrogens with zero attached hydrogens (tertiary/aromatic N) is 5. The van der Waals surface area contributed by atoms with E-state index in [2.05, 4.69) is 31.0 Å². The molecule has 0 bridgehead atoms. The molecule has 0 saturated carbocycles. The topological polar surface area (TPSA) is 115 Å². The van der Waals surface area contributed by atoms with Crippen LogP contribution in [0.15, 0.2) is 52.0 Å². The van der Waals surface area contributed by atoms with Gasteiger partial charge in [-0.1, -0.05) is 77.1 Å². The van der Waals surface area contributed by atoms with Crippen molar-refractivity contribution in [2.45, 2.75) is 23.0 Å². The average Bonchev–Trinajstić information content (AvgIpc) is 3.48. The molecule has 0 aliphatic heterocycles. The molecule has 4 aromatic rings. The van der Waals surface area contributed by atoms with E-state index in [1.54, 1.807) is 40.6 Å². The fraction of sp³-hybridized carbons (Fsp3) is 0.182. The van der Waals surface area contributed by atoms with Gasteiger partial charge in [-0.15, -0.1) is 20.4 Å². The predicted molar refractivity (Wildman–Crippen MR) is 145 cm³/mol. The highest BCUT2D eigenvalue weighted by molar-refractivity contribution is 8.01. The molecule has 192 valence electrons. The molecule has 2 N–H and O–H groups in total. The van der Waals surface area contributed by atoms with Crippen molar-refractivity contribution in [1.82, 2.24) is 30.3 Å². The molecule has 2 amide bonds. The molecule has 0 aliphatic carbocycles. The van der Waals surface area contributed by atoms with Gasteiger partial charge in [-0.3, -0.25) is 19.5 Å². The zero-order valence-corrected chi connectivity index (χ0v) is 23.0. The summed E-state index contributed by atoms with van der Waals surface area (Å²) in [7, 11) is 0. The Labute approximate surface area is 233 Å². The van der Waals surface area contributed by atoms with Crippen LogP contribution in [0, 0.1) is 5.82 Å². The third-order valence-corrected chi connectivity index (χ3v) is 7.95. The van der Waals surface area contributed by atoms with Gasteiger partial charge in [-0.25, -0.2) is 4.39 Å². The Kier molecular flexibility index (Phi) is 9.38. The van der Waals surface area contributed by atoms with Gasteiger partial charge in [0, 0.05) is 5.02 Å². The summed E-state index contributed by atoms with van der Waals surface area (Å²) in [5, 5.41) is 23.0. The van der Waals surface area contributed by atoms with E-state index < -0.39 is 11.7 Å². The van der Waals surface area contributed by atoms with E-state index in [1.165, 1.54) is 23.5 Å². The van der Waals surface area contributed by atoms with Crippen LogP contribution < -0.4 is 10.6 Å². The first kappa shape index (κ1) is 27.3. The summed E-state index contributed by atoms with van der Waals surface area (Å²) in [5.74, 6) is -0.510. The molecule has 4 rings (SSSR count). The number of carbonyl (C=O) groups excluding carboxylic acids is 2. The first-order valence-corrected chi connectivity index (χ1v) is 14.2. The number of rotatable bonds is 10. The van der Waals surface area contributed by atoms with E-state index in [0.717, 1.165) is 27.9 Å². The second-order valence-corrected chi connectivity index (χ2v) is 11.4. The molecule has 2 aromatic heterocycles. The van der Waals surface area contributed by atoms with Crippen LogP contribution in [0.1, 0.15) is 23.1 Å². The lowest BCUT2D eigenvalue weighted by Gasteiger charge is -2.12. The minimum Gasteiger partial charge on any atom is -0.345 e. The van der Waals surface area contributed by atoms with Crippen LogP contribution in [-0.2, 0) is 11.3 Å². The Balaban J connectivity index is 1.50. The molecule has 0 atom stereocenters. The van der Waals surface area contributed by atoms with Crippen molar-refractivity contribution in [3.05, 3.63) is 69.7 Å². The Morgan fingerprint density at radius 3 is 2.65 bits per heavy atom. The molecule has 0 aliphatic rings. The summed E-state index contributed by atoms with van der Waals surface area (Å²) in [4.78, 5) is 25.1. The van der Waals surface area contributed by atoms with Crippen LogP contribution in [0.3, 0.4) is 0 Å². The zero-order chi connectivity index (χ0) is 26.4. The minimum absolute atomic E-state index is 0.00750. The van der Waals surface area contributed by atoms with E-state index in [4.69, 9.17) is 23.2 Å². The van der Waals surface area contributed by atoms with E-state index >= 15 is 0 Å². The monoisotopic (exact) mass is 597 g/mol. The number of nitrogens with one attached hydrogen (secondary N) is 2. The zero-order valence-electron chi connectivity index (χ0n) is 19.1. The van der Waals surface area contributed by atoms with E-state index in [1.807, 2.05) is 6.92 Å². The number of amides is 2. The number of halogens is 3. The molecule has 0 saturated heterocycles. The summed E-state index contributed by atoms with van der Waals surface area (Å²) >= 11 is 16.2. The van der Waals surface area contributed by atoms with Gasteiger partial charge in [0.25, 0.3) is 5.91 Å². The van der Waals surface area contributed by atoms with Crippen LogP contribution in [0.25, 0.3) is 5.69 Å². The van der Waals surface area contributed by atoms with Crippen molar-refractivity contribution < 1.29 is 14.0 Å². The van der Waals surface area contributed by atoms with Gasteiger partial charge in [-0.2, -0.15) is 0 Å². The van der Waals surface area contributed by atoms with Crippen LogP contribution >= 0.6 is 58.1 Å². The van der Waals surface area contributed by atoms with E-state index in [-0.39, 0.29) is 28.8 Å². The molecule has 9 nitrogen and oxygen atoms in total. The minimum atomic E-state index is -0.737. The molecule has 0 unspecified atom stereocenters. The molecule has 2 aromatic carbocycles. The van der Waals surface area contributed by atoms with Crippen molar-refractivity contribution >= 4 is 75.0 Å². The van der Waals surface area contributed by atoms with E-state index in [9.17, 15) is 14.0 Å². The van der Waals surface area contributed by atoms with Gasteiger partial charge in [0.1, 0.15) is 5.82 Å². The van der Waals surface area contributed by atoms with Crippen LogP contribution in [0.4, 0.5) is 9.52 Å². The molecule has 15 heteroatoms. The summed E-state index contributed by atoms with van der Waals surface area (Å²) in [6.45, 7) is 1.92. The van der Waals surface area contributed by atoms with Crippen LogP contribution in [0.5, 0.6) is 0 Å². The molecule has 0 radical (unpaired) electrons. The fourth-order valence-corrected chi connectivity index (χ4v) is 5.94. The Morgan fingerprint density at radius 2 is 1.89 bits per heavy atom. The van der Waals surface area contributed by atoms with E-state index in [0.29, 0.717) is 26.8 Å². The maximum Gasteiger partial charge on any atom is 0.256 e. The summed E-state index contributed by atoms with van der Waals surface area (Å²) < 4.78 is 16.6. The summed E-state index contributed by atoms with van der Waals surface area (Å²) in [5.41, 5.74) is 0.361. The maximum absolute atomic E-state index is 14.1.